The minimum absolute atomic E-state index is 0.861. The summed E-state index contributed by atoms with van der Waals surface area (Å²) in [7, 11) is 0. The topological polar surface area (TPSA) is 19.6 Å². The van der Waals surface area contributed by atoms with Crippen LogP contribution in [0.25, 0.3) is 66.1 Å². The van der Waals surface area contributed by atoms with Crippen molar-refractivity contribution in [2.75, 3.05) is 9.80 Å². The Morgan fingerprint density at radius 2 is 0.806 bits per heavy atom. The van der Waals surface area contributed by atoms with Crippen LogP contribution in [0, 0.1) is 6.92 Å². The zero-order valence-electron chi connectivity index (χ0n) is 34.3. The molecule has 0 saturated heterocycles. The van der Waals surface area contributed by atoms with Crippen LogP contribution in [-0.2, 0) is 0 Å². The van der Waals surface area contributed by atoms with Crippen molar-refractivity contribution in [2.24, 2.45) is 0 Å². The quantitative estimate of drug-likeness (QED) is 0.145. The molecule has 0 atom stereocenters. The molecule has 0 amide bonds. The number of benzene rings is 10. The number of aryl methyl sites for hydroxylation is 1. The summed E-state index contributed by atoms with van der Waals surface area (Å²) in [5, 5.41) is 4.67. The summed E-state index contributed by atoms with van der Waals surface area (Å²) in [5.74, 6) is 0. The van der Waals surface area contributed by atoms with E-state index >= 15 is 0 Å². The molecule has 294 valence electrons. The molecule has 10 aromatic carbocycles. The van der Waals surface area contributed by atoms with Gasteiger partial charge in [0.2, 0.25) is 0 Å². The van der Waals surface area contributed by atoms with Crippen LogP contribution >= 0.6 is 0 Å². The van der Waals surface area contributed by atoms with Gasteiger partial charge in [-0.25, -0.2) is 0 Å². The Morgan fingerprint density at radius 1 is 0.323 bits per heavy atom. The first-order chi connectivity index (χ1) is 30.7. The van der Waals surface area contributed by atoms with Crippen LogP contribution in [-0.4, -0.2) is 0 Å². The van der Waals surface area contributed by atoms with Gasteiger partial charge in [0.15, 0.2) is 0 Å². The first-order valence-electron chi connectivity index (χ1n) is 21.2. The highest BCUT2D eigenvalue weighted by Gasteiger charge is 2.22. The van der Waals surface area contributed by atoms with Crippen LogP contribution in [0.4, 0.5) is 34.1 Å². The van der Waals surface area contributed by atoms with E-state index in [1.165, 1.54) is 44.2 Å². The maximum atomic E-state index is 6.57. The molecular weight excluding hydrogens is 753 g/mol. The van der Waals surface area contributed by atoms with E-state index in [4.69, 9.17) is 4.42 Å². The zero-order chi connectivity index (χ0) is 41.4. The standard InChI is InChI=1S/C59H42N2O/c1-41-14-13-23-56-58(41)54-38-37-52(40-57(54)62-56)61(55-39-28-46-19-11-12-22-53(46)59(55)47-20-9-4-10-21-47)51-35-33-50(34-36-51)60(48-29-24-44(25-30-48)42-15-5-2-6-16-42)49-31-26-45(27-32-49)43-17-7-3-8-18-43/h2-40H,1H3. The van der Waals surface area contributed by atoms with Gasteiger partial charge < -0.3 is 14.2 Å². The minimum atomic E-state index is 0.861. The SMILES string of the molecule is Cc1cccc2oc3cc(N(c4ccc(N(c5ccc(-c6ccccc6)cc5)c5ccc(-c6ccccc6)cc5)cc4)c4ccc5ccccc5c4-c4ccccc4)ccc3c12. The first-order valence-corrected chi connectivity index (χ1v) is 21.2. The molecule has 0 bridgehead atoms. The van der Waals surface area contributed by atoms with Gasteiger partial charge in [-0.1, -0.05) is 158 Å². The molecule has 1 aromatic heterocycles. The van der Waals surface area contributed by atoms with E-state index in [9.17, 15) is 0 Å². The van der Waals surface area contributed by atoms with Crippen molar-refractivity contribution in [1.29, 1.82) is 0 Å². The lowest BCUT2D eigenvalue weighted by Crippen LogP contribution is -2.13. The molecular formula is C59H42N2O. The molecule has 11 aromatic rings. The van der Waals surface area contributed by atoms with Gasteiger partial charge in [-0.15, -0.1) is 0 Å². The third-order valence-electron chi connectivity index (χ3n) is 12.0. The molecule has 0 N–H and O–H groups in total. The van der Waals surface area contributed by atoms with Crippen LogP contribution in [0.15, 0.2) is 241 Å². The molecule has 0 aliphatic rings. The number of hydrogen-bond donors (Lipinski definition) is 0. The molecule has 0 fully saturated rings. The summed E-state index contributed by atoms with van der Waals surface area (Å²) in [6.45, 7) is 2.15. The van der Waals surface area contributed by atoms with Gasteiger partial charge in [0, 0.05) is 50.8 Å². The highest BCUT2D eigenvalue weighted by molar-refractivity contribution is 6.09. The molecule has 62 heavy (non-hydrogen) atoms. The van der Waals surface area contributed by atoms with Gasteiger partial charge in [-0.2, -0.15) is 0 Å². The number of rotatable bonds is 9. The monoisotopic (exact) mass is 794 g/mol. The Labute approximate surface area is 362 Å². The van der Waals surface area contributed by atoms with Gasteiger partial charge in [0.1, 0.15) is 11.2 Å². The summed E-state index contributed by atoms with van der Waals surface area (Å²) in [6.07, 6.45) is 0. The lowest BCUT2D eigenvalue weighted by molar-refractivity contribution is 0.669. The van der Waals surface area contributed by atoms with E-state index in [1.807, 2.05) is 0 Å². The third-order valence-corrected chi connectivity index (χ3v) is 12.0. The van der Waals surface area contributed by atoms with Crippen molar-refractivity contribution in [2.45, 2.75) is 6.92 Å². The van der Waals surface area contributed by atoms with Gasteiger partial charge in [0.05, 0.1) is 5.69 Å². The smallest absolute Gasteiger partial charge is 0.137 e. The summed E-state index contributed by atoms with van der Waals surface area (Å²) >= 11 is 0. The maximum Gasteiger partial charge on any atom is 0.137 e. The fraction of sp³-hybridized carbons (Fsp3) is 0.0169. The van der Waals surface area contributed by atoms with Crippen molar-refractivity contribution in [3.8, 4) is 33.4 Å². The van der Waals surface area contributed by atoms with Crippen molar-refractivity contribution < 1.29 is 4.42 Å². The van der Waals surface area contributed by atoms with E-state index in [2.05, 4.69) is 253 Å². The highest BCUT2D eigenvalue weighted by Crippen LogP contribution is 2.47. The fourth-order valence-corrected chi connectivity index (χ4v) is 8.98. The predicted octanol–water partition coefficient (Wildman–Crippen LogP) is 17.0. The number of anilines is 6. The van der Waals surface area contributed by atoms with Crippen molar-refractivity contribution >= 4 is 66.8 Å². The number of fused-ring (bicyclic) bond motifs is 4. The molecule has 11 rings (SSSR count). The Bertz CT molecular complexity index is 3240. The Hall–Kier alpha value is -8.14. The molecule has 0 aliphatic carbocycles. The molecule has 3 nitrogen and oxygen atoms in total. The number of furan rings is 1. The second kappa shape index (κ2) is 15.8. The van der Waals surface area contributed by atoms with Crippen molar-refractivity contribution in [3.05, 3.63) is 242 Å². The van der Waals surface area contributed by atoms with E-state index in [-0.39, 0.29) is 0 Å². The molecule has 0 spiro atoms. The average Bonchev–Trinajstić information content (AvgIpc) is 3.73. The van der Waals surface area contributed by atoms with Gasteiger partial charge in [0.25, 0.3) is 0 Å². The van der Waals surface area contributed by atoms with E-state index < -0.39 is 0 Å². The normalized spacial score (nSPS) is 11.3. The van der Waals surface area contributed by atoms with Gasteiger partial charge >= 0.3 is 0 Å². The van der Waals surface area contributed by atoms with E-state index in [0.29, 0.717) is 0 Å². The first kappa shape index (κ1) is 36.9. The van der Waals surface area contributed by atoms with E-state index in [1.54, 1.807) is 0 Å². The summed E-state index contributed by atoms with van der Waals surface area (Å²) in [6, 6.07) is 84.7. The largest absolute Gasteiger partial charge is 0.456 e. The maximum absolute atomic E-state index is 6.57. The van der Waals surface area contributed by atoms with Crippen molar-refractivity contribution in [3.63, 3.8) is 0 Å². The third kappa shape index (κ3) is 6.76. The Morgan fingerprint density at radius 3 is 1.40 bits per heavy atom. The molecule has 0 aliphatic heterocycles. The lowest BCUT2D eigenvalue weighted by atomic mass is 9.95. The molecule has 1 heterocycles. The van der Waals surface area contributed by atoms with Crippen molar-refractivity contribution in [1.82, 2.24) is 0 Å². The lowest BCUT2D eigenvalue weighted by Gasteiger charge is -2.30. The Balaban J connectivity index is 1.07. The second-order valence-corrected chi connectivity index (χ2v) is 15.8. The highest BCUT2D eigenvalue weighted by atomic mass is 16.3. The summed E-state index contributed by atoms with van der Waals surface area (Å²) in [4.78, 5) is 4.72. The molecule has 0 unspecified atom stereocenters. The molecule has 3 heteroatoms. The van der Waals surface area contributed by atoms with Crippen LogP contribution < -0.4 is 9.80 Å². The van der Waals surface area contributed by atoms with Gasteiger partial charge in [-0.05, 0) is 124 Å². The van der Waals surface area contributed by atoms with Crippen LogP contribution in [0.2, 0.25) is 0 Å². The number of hydrogen-bond acceptors (Lipinski definition) is 3. The van der Waals surface area contributed by atoms with Crippen LogP contribution in [0.1, 0.15) is 5.56 Å². The summed E-state index contributed by atoms with van der Waals surface area (Å²) < 4.78 is 6.57. The summed E-state index contributed by atoms with van der Waals surface area (Å²) in [5.41, 5.74) is 16.4. The van der Waals surface area contributed by atoms with Crippen LogP contribution in [0.5, 0.6) is 0 Å². The molecule has 0 saturated carbocycles. The average molecular weight is 795 g/mol. The van der Waals surface area contributed by atoms with E-state index in [0.717, 1.165) is 61.6 Å². The number of nitrogens with zero attached hydrogens (tertiary/aromatic N) is 2. The molecule has 0 radical (unpaired) electrons. The second-order valence-electron chi connectivity index (χ2n) is 15.8. The van der Waals surface area contributed by atoms with Crippen LogP contribution in [0.3, 0.4) is 0 Å². The van der Waals surface area contributed by atoms with Gasteiger partial charge in [-0.3, -0.25) is 0 Å². The zero-order valence-corrected chi connectivity index (χ0v) is 34.3. The minimum Gasteiger partial charge on any atom is -0.456 e. The predicted molar refractivity (Wildman–Crippen MR) is 262 cm³/mol. The fourth-order valence-electron chi connectivity index (χ4n) is 8.98. The Kier molecular flexibility index (Phi) is 9.40.